The summed E-state index contributed by atoms with van der Waals surface area (Å²) in [6.45, 7) is 0. The van der Waals surface area contributed by atoms with Gasteiger partial charge >= 0.3 is 6.18 Å². The van der Waals surface area contributed by atoms with E-state index in [1.165, 1.54) is 0 Å². The number of alkyl halides is 3. The summed E-state index contributed by atoms with van der Waals surface area (Å²) in [4.78, 5) is 0. The Balaban J connectivity index is 3.21. The fraction of sp³-hybridized carbons (Fsp3) is 0.400. The molecule has 6 heteroatoms. The van der Waals surface area contributed by atoms with Gasteiger partial charge in [0.25, 0.3) is 0 Å². The van der Waals surface area contributed by atoms with Crippen LogP contribution in [-0.2, 0) is 13.2 Å². The second-order valence-corrected chi connectivity index (χ2v) is 1.90. The van der Waals surface area contributed by atoms with Crippen LogP contribution in [0.15, 0.2) is 0 Å². The number of aryl methyl sites for hydroxylation is 1. The van der Waals surface area contributed by atoms with Crippen molar-refractivity contribution in [3.05, 3.63) is 17.7 Å². The van der Waals surface area contributed by atoms with Crippen molar-refractivity contribution in [2.24, 2.45) is 7.05 Å². The molecule has 0 aliphatic carbocycles. The Morgan fingerprint density at radius 3 is 2.18 bits per heavy atom. The molecule has 0 saturated carbocycles. The molecule has 0 unspecified atom stereocenters. The van der Waals surface area contributed by atoms with Gasteiger partial charge in [0.05, 0.1) is 0 Å². The molecule has 0 aromatic carbocycles. The molecule has 1 aromatic rings. The number of hydrogen-bond acceptors (Lipinski definition) is 1. The first kappa shape index (κ1) is 8.03. The fourth-order valence-electron chi connectivity index (χ4n) is 0.672. The van der Waals surface area contributed by atoms with E-state index in [9.17, 15) is 17.6 Å². The van der Waals surface area contributed by atoms with Crippen molar-refractivity contribution in [3.63, 3.8) is 0 Å². The molecule has 0 aliphatic rings. The van der Waals surface area contributed by atoms with Crippen molar-refractivity contribution in [1.82, 2.24) is 9.78 Å². The van der Waals surface area contributed by atoms with E-state index in [1.807, 2.05) is 0 Å². The van der Waals surface area contributed by atoms with E-state index < -0.39 is 17.7 Å². The molecule has 0 amide bonds. The molecular formula is C5H3F4N2. The SMILES string of the molecule is Cn1n[c]c(F)c1C(F)(F)F. The highest BCUT2D eigenvalue weighted by atomic mass is 19.4. The van der Waals surface area contributed by atoms with Crippen LogP contribution in [0.2, 0.25) is 0 Å². The first-order valence-electron chi connectivity index (χ1n) is 2.60. The van der Waals surface area contributed by atoms with Gasteiger partial charge in [-0.2, -0.15) is 18.3 Å². The second-order valence-electron chi connectivity index (χ2n) is 1.90. The third kappa shape index (κ3) is 1.33. The third-order valence-electron chi connectivity index (χ3n) is 1.10. The lowest BCUT2D eigenvalue weighted by Crippen LogP contribution is -2.13. The minimum absolute atomic E-state index is 0.398. The van der Waals surface area contributed by atoms with E-state index in [-0.39, 0.29) is 0 Å². The van der Waals surface area contributed by atoms with Gasteiger partial charge in [0.1, 0.15) is 0 Å². The van der Waals surface area contributed by atoms with Gasteiger partial charge in [-0.1, -0.05) is 0 Å². The van der Waals surface area contributed by atoms with Crippen molar-refractivity contribution in [2.45, 2.75) is 6.18 Å². The molecule has 11 heavy (non-hydrogen) atoms. The van der Waals surface area contributed by atoms with Crippen LogP contribution in [0.25, 0.3) is 0 Å². The standard InChI is InChI=1S/C5H3F4N2/c1-11-4(5(7,8)9)3(6)2-10-11/h1H3. The minimum Gasteiger partial charge on any atom is -0.260 e. The van der Waals surface area contributed by atoms with E-state index in [4.69, 9.17) is 0 Å². The van der Waals surface area contributed by atoms with Gasteiger partial charge < -0.3 is 0 Å². The molecule has 0 fully saturated rings. The van der Waals surface area contributed by atoms with Crippen molar-refractivity contribution >= 4 is 0 Å². The highest BCUT2D eigenvalue weighted by molar-refractivity contribution is 5.06. The first-order valence-corrected chi connectivity index (χ1v) is 2.60. The largest absolute Gasteiger partial charge is 0.435 e. The number of aromatic nitrogens is 2. The average Bonchev–Trinajstić information content (AvgIpc) is 2.08. The summed E-state index contributed by atoms with van der Waals surface area (Å²) in [6, 6.07) is 0. The van der Waals surface area contributed by atoms with E-state index in [2.05, 4.69) is 5.10 Å². The summed E-state index contributed by atoms with van der Waals surface area (Å²) in [5.41, 5.74) is -1.41. The third-order valence-corrected chi connectivity index (χ3v) is 1.10. The van der Waals surface area contributed by atoms with Crippen LogP contribution in [-0.4, -0.2) is 9.78 Å². The van der Waals surface area contributed by atoms with Crippen LogP contribution in [0, 0.1) is 12.0 Å². The van der Waals surface area contributed by atoms with E-state index >= 15 is 0 Å². The molecule has 0 bridgehead atoms. The molecule has 0 spiro atoms. The van der Waals surface area contributed by atoms with E-state index in [0.29, 0.717) is 4.68 Å². The zero-order valence-corrected chi connectivity index (χ0v) is 5.41. The summed E-state index contributed by atoms with van der Waals surface area (Å²) >= 11 is 0. The Hall–Kier alpha value is -1.07. The van der Waals surface area contributed by atoms with Crippen molar-refractivity contribution in [1.29, 1.82) is 0 Å². The highest BCUT2D eigenvalue weighted by Gasteiger charge is 2.38. The van der Waals surface area contributed by atoms with Crippen LogP contribution in [0.1, 0.15) is 5.69 Å². The van der Waals surface area contributed by atoms with Crippen molar-refractivity contribution in [3.8, 4) is 0 Å². The molecule has 61 valence electrons. The predicted molar refractivity (Wildman–Crippen MR) is 27.0 cm³/mol. The Morgan fingerprint density at radius 1 is 1.45 bits per heavy atom. The molecule has 1 aromatic heterocycles. The van der Waals surface area contributed by atoms with Gasteiger partial charge in [-0.05, 0) is 0 Å². The Labute approximate surface area is 59.4 Å². The van der Waals surface area contributed by atoms with Crippen molar-refractivity contribution in [2.75, 3.05) is 0 Å². The fourth-order valence-corrected chi connectivity index (χ4v) is 0.672. The molecule has 0 N–H and O–H groups in total. The second kappa shape index (κ2) is 2.21. The predicted octanol–water partition coefficient (Wildman–Crippen LogP) is 1.38. The van der Waals surface area contributed by atoms with Crippen LogP contribution in [0.3, 0.4) is 0 Å². The van der Waals surface area contributed by atoms with Crippen LogP contribution in [0.5, 0.6) is 0 Å². The maximum absolute atomic E-state index is 12.2. The molecule has 0 aliphatic heterocycles. The normalized spacial score (nSPS) is 12.1. The summed E-state index contributed by atoms with van der Waals surface area (Å²) in [7, 11) is 1.00. The molecular weight excluding hydrogens is 164 g/mol. The lowest BCUT2D eigenvalue weighted by molar-refractivity contribution is -0.146. The van der Waals surface area contributed by atoms with Crippen LogP contribution < -0.4 is 0 Å². The molecule has 1 rings (SSSR count). The molecule has 1 heterocycles. The van der Waals surface area contributed by atoms with Crippen LogP contribution >= 0.6 is 0 Å². The number of halogens is 4. The van der Waals surface area contributed by atoms with E-state index in [0.717, 1.165) is 7.05 Å². The van der Waals surface area contributed by atoms with Crippen LogP contribution in [0.4, 0.5) is 17.6 Å². The lowest BCUT2D eigenvalue weighted by atomic mass is 10.4. The number of nitrogens with zero attached hydrogens (tertiary/aromatic N) is 2. The van der Waals surface area contributed by atoms with E-state index in [1.54, 1.807) is 6.20 Å². The molecule has 1 radical (unpaired) electrons. The monoisotopic (exact) mass is 167 g/mol. The summed E-state index contributed by atoms with van der Waals surface area (Å²) < 4.78 is 48.1. The number of hydrogen-bond donors (Lipinski definition) is 0. The summed E-state index contributed by atoms with van der Waals surface area (Å²) in [6.07, 6.45) is -3.13. The number of rotatable bonds is 0. The van der Waals surface area contributed by atoms with Gasteiger partial charge in [-0.3, -0.25) is 4.68 Å². The lowest BCUT2D eigenvalue weighted by Gasteiger charge is -2.05. The Bertz CT molecular complexity index is 242. The van der Waals surface area contributed by atoms with Gasteiger partial charge in [0.2, 0.25) is 0 Å². The smallest absolute Gasteiger partial charge is 0.260 e. The van der Waals surface area contributed by atoms with Crippen molar-refractivity contribution < 1.29 is 17.6 Å². The topological polar surface area (TPSA) is 17.8 Å². The summed E-state index contributed by atoms with van der Waals surface area (Å²) in [5.74, 6) is -1.47. The van der Waals surface area contributed by atoms with Gasteiger partial charge in [0, 0.05) is 7.05 Å². The maximum Gasteiger partial charge on any atom is 0.435 e. The average molecular weight is 167 g/mol. The Kier molecular flexibility index (Phi) is 1.62. The first-order chi connectivity index (χ1) is 4.93. The zero-order chi connectivity index (χ0) is 8.65. The maximum atomic E-state index is 12.2. The quantitative estimate of drug-likeness (QED) is 0.533. The summed E-state index contributed by atoms with van der Waals surface area (Å²) in [5, 5.41) is 2.98. The molecule has 0 atom stereocenters. The molecule has 0 saturated heterocycles. The van der Waals surface area contributed by atoms with Gasteiger partial charge in [0.15, 0.2) is 17.7 Å². The minimum atomic E-state index is -4.70. The van der Waals surface area contributed by atoms with Gasteiger partial charge in [-0.15, -0.1) is 0 Å². The zero-order valence-electron chi connectivity index (χ0n) is 5.41. The Morgan fingerprint density at radius 2 is 2.00 bits per heavy atom. The van der Waals surface area contributed by atoms with Gasteiger partial charge in [-0.25, -0.2) is 4.39 Å². The molecule has 2 nitrogen and oxygen atoms in total. The highest BCUT2D eigenvalue weighted by Crippen LogP contribution is 2.30.